The van der Waals surface area contributed by atoms with Gasteiger partial charge in [0.1, 0.15) is 13.2 Å². The van der Waals surface area contributed by atoms with E-state index in [-0.39, 0.29) is 11.8 Å². The van der Waals surface area contributed by atoms with E-state index >= 15 is 0 Å². The molecule has 2 heterocycles. The van der Waals surface area contributed by atoms with Crippen molar-refractivity contribution in [2.24, 2.45) is 0 Å². The monoisotopic (exact) mass is 408 g/mol. The quantitative estimate of drug-likeness (QED) is 0.651. The number of rotatable bonds is 6. The highest BCUT2D eigenvalue weighted by Crippen LogP contribution is 2.30. The molecular formula is C22H20N2O4S. The van der Waals surface area contributed by atoms with E-state index in [9.17, 15) is 9.59 Å². The molecule has 0 saturated carbocycles. The zero-order valence-electron chi connectivity index (χ0n) is 15.6. The van der Waals surface area contributed by atoms with Crippen LogP contribution in [-0.2, 0) is 6.42 Å². The second kappa shape index (κ2) is 8.79. The topological polar surface area (TPSA) is 76.7 Å². The second-order valence-corrected chi connectivity index (χ2v) is 7.44. The number of nitrogens with one attached hydrogen (secondary N) is 2. The van der Waals surface area contributed by atoms with Gasteiger partial charge >= 0.3 is 0 Å². The molecule has 3 aromatic rings. The molecule has 7 heteroatoms. The van der Waals surface area contributed by atoms with Crippen LogP contribution in [0.4, 0.5) is 5.69 Å². The third-order valence-electron chi connectivity index (χ3n) is 4.43. The number of hydrogen-bond donors (Lipinski definition) is 2. The Morgan fingerprint density at radius 3 is 2.62 bits per heavy atom. The first kappa shape index (κ1) is 19.0. The lowest BCUT2D eigenvalue weighted by molar-refractivity contribution is 0.0952. The minimum Gasteiger partial charge on any atom is -0.486 e. The Morgan fingerprint density at radius 1 is 0.931 bits per heavy atom. The van der Waals surface area contributed by atoms with Gasteiger partial charge in [-0.05, 0) is 53.8 Å². The molecule has 6 nitrogen and oxygen atoms in total. The van der Waals surface area contributed by atoms with Crippen LogP contribution < -0.4 is 20.1 Å². The van der Waals surface area contributed by atoms with Crippen molar-refractivity contribution >= 4 is 28.8 Å². The van der Waals surface area contributed by atoms with Crippen LogP contribution in [0.5, 0.6) is 11.5 Å². The predicted octanol–water partition coefficient (Wildman–Crippen LogP) is 3.74. The van der Waals surface area contributed by atoms with Gasteiger partial charge in [0, 0.05) is 17.8 Å². The Bertz CT molecular complexity index is 1020. The van der Waals surface area contributed by atoms with Gasteiger partial charge in [0.15, 0.2) is 11.5 Å². The number of thiophene rings is 1. The highest BCUT2D eigenvalue weighted by Gasteiger charge is 2.12. The van der Waals surface area contributed by atoms with Gasteiger partial charge in [0.2, 0.25) is 0 Å². The van der Waals surface area contributed by atoms with Crippen LogP contribution in [0.25, 0.3) is 0 Å². The molecule has 148 valence electrons. The Labute approximate surface area is 172 Å². The molecule has 1 aliphatic rings. The Hall–Kier alpha value is -3.32. The van der Waals surface area contributed by atoms with E-state index in [1.54, 1.807) is 30.3 Å². The molecule has 4 rings (SSSR count). The summed E-state index contributed by atoms with van der Waals surface area (Å²) in [7, 11) is 0. The average molecular weight is 408 g/mol. The smallest absolute Gasteiger partial charge is 0.265 e. The number of amides is 2. The van der Waals surface area contributed by atoms with Crippen molar-refractivity contribution in [3.8, 4) is 11.5 Å². The van der Waals surface area contributed by atoms with Crippen molar-refractivity contribution in [2.75, 3.05) is 25.1 Å². The number of carbonyl (C=O) groups is 2. The number of ether oxygens (including phenoxy) is 2. The van der Waals surface area contributed by atoms with E-state index in [2.05, 4.69) is 10.6 Å². The molecule has 2 amide bonds. The first-order valence-electron chi connectivity index (χ1n) is 9.31. The van der Waals surface area contributed by atoms with Gasteiger partial charge in [0.05, 0.1) is 4.88 Å². The molecule has 0 spiro atoms. The first-order valence-corrected chi connectivity index (χ1v) is 10.2. The Morgan fingerprint density at radius 2 is 1.79 bits per heavy atom. The van der Waals surface area contributed by atoms with E-state index in [4.69, 9.17) is 9.47 Å². The van der Waals surface area contributed by atoms with Gasteiger partial charge in [0.25, 0.3) is 11.8 Å². The van der Waals surface area contributed by atoms with Crippen LogP contribution in [0.15, 0.2) is 60.0 Å². The summed E-state index contributed by atoms with van der Waals surface area (Å²) in [4.78, 5) is 25.3. The van der Waals surface area contributed by atoms with Crippen molar-refractivity contribution in [2.45, 2.75) is 6.42 Å². The fourth-order valence-corrected chi connectivity index (χ4v) is 3.62. The molecule has 2 N–H and O–H groups in total. The maximum absolute atomic E-state index is 12.5. The van der Waals surface area contributed by atoms with E-state index in [0.717, 1.165) is 17.1 Å². The molecule has 0 unspecified atom stereocenters. The van der Waals surface area contributed by atoms with Gasteiger partial charge < -0.3 is 20.1 Å². The molecule has 0 saturated heterocycles. The number of fused-ring (bicyclic) bond motifs is 1. The first-order chi connectivity index (χ1) is 14.2. The fraction of sp³-hybridized carbons (Fsp3) is 0.182. The van der Waals surface area contributed by atoms with E-state index < -0.39 is 0 Å². The minimum absolute atomic E-state index is 0.184. The minimum atomic E-state index is -0.185. The molecule has 0 bridgehead atoms. The largest absolute Gasteiger partial charge is 0.486 e. The van der Waals surface area contributed by atoms with Crippen molar-refractivity contribution in [3.05, 3.63) is 76.0 Å². The molecule has 29 heavy (non-hydrogen) atoms. The third-order valence-corrected chi connectivity index (χ3v) is 5.30. The van der Waals surface area contributed by atoms with Gasteiger partial charge in [-0.3, -0.25) is 9.59 Å². The van der Waals surface area contributed by atoms with Crippen LogP contribution >= 0.6 is 11.3 Å². The van der Waals surface area contributed by atoms with Gasteiger partial charge in [-0.1, -0.05) is 18.2 Å². The molecule has 0 fully saturated rings. The fourth-order valence-electron chi connectivity index (χ4n) is 3.00. The van der Waals surface area contributed by atoms with Gasteiger partial charge in [-0.25, -0.2) is 0 Å². The Kier molecular flexibility index (Phi) is 5.76. The number of hydrogen-bond acceptors (Lipinski definition) is 5. The predicted molar refractivity (Wildman–Crippen MR) is 112 cm³/mol. The third kappa shape index (κ3) is 4.75. The number of benzene rings is 2. The average Bonchev–Trinajstić information content (AvgIpc) is 3.29. The summed E-state index contributed by atoms with van der Waals surface area (Å²) >= 11 is 1.37. The molecule has 0 atom stereocenters. The lowest BCUT2D eigenvalue weighted by Crippen LogP contribution is -2.26. The normalized spacial score (nSPS) is 12.3. The van der Waals surface area contributed by atoms with E-state index in [1.807, 2.05) is 29.6 Å². The SMILES string of the molecule is O=C(NCCc1ccc2c(c1)OCCO2)c1cccc(NC(=O)c2cccs2)c1. The Balaban J connectivity index is 1.32. The van der Waals surface area contributed by atoms with Crippen molar-refractivity contribution in [3.63, 3.8) is 0 Å². The lowest BCUT2D eigenvalue weighted by Gasteiger charge is -2.18. The van der Waals surface area contributed by atoms with Crippen LogP contribution in [-0.4, -0.2) is 31.6 Å². The van der Waals surface area contributed by atoms with E-state index in [1.165, 1.54) is 11.3 Å². The van der Waals surface area contributed by atoms with Gasteiger partial charge in [-0.2, -0.15) is 0 Å². The van der Waals surface area contributed by atoms with Crippen LogP contribution in [0.1, 0.15) is 25.6 Å². The van der Waals surface area contributed by atoms with Crippen LogP contribution in [0.3, 0.4) is 0 Å². The maximum Gasteiger partial charge on any atom is 0.265 e. The summed E-state index contributed by atoms with van der Waals surface area (Å²) in [5.41, 5.74) is 2.14. The molecule has 1 aliphatic heterocycles. The maximum atomic E-state index is 12.5. The number of anilines is 1. The standard InChI is InChI=1S/C22H20N2O4S/c25-21(23-9-8-15-6-7-18-19(13-15)28-11-10-27-18)16-3-1-4-17(14-16)24-22(26)20-5-2-12-29-20/h1-7,12-14H,8-11H2,(H,23,25)(H,24,26). The highest BCUT2D eigenvalue weighted by atomic mass is 32.1. The lowest BCUT2D eigenvalue weighted by atomic mass is 10.1. The summed E-state index contributed by atoms with van der Waals surface area (Å²) in [5.74, 6) is 1.13. The second-order valence-electron chi connectivity index (χ2n) is 6.50. The summed E-state index contributed by atoms with van der Waals surface area (Å²) in [6.45, 7) is 1.60. The van der Waals surface area contributed by atoms with E-state index in [0.29, 0.717) is 42.3 Å². The molecule has 0 radical (unpaired) electrons. The summed E-state index contributed by atoms with van der Waals surface area (Å²) in [5, 5.41) is 7.58. The zero-order valence-corrected chi connectivity index (χ0v) is 16.5. The van der Waals surface area contributed by atoms with Crippen LogP contribution in [0.2, 0.25) is 0 Å². The summed E-state index contributed by atoms with van der Waals surface area (Å²) in [6, 6.07) is 16.3. The summed E-state index contributed by atoms with van der Waals surface area (Å²) < 4.78 is 11.1. The van der Waals surface area contributed by atoms with Gasteiger partial charge in [-0.15, -0.1) is 11.3 Å². The number of carbonyl (C=O) groups excluding carboxylic acids is 2. The molecular weight excluding hydrogens is 388 g/mol. The van der Waals surface area contributed by atoms with Crippen molar-refractivity contribution < 1.29 is 19.1 Å². The molecule has 0 aliphatic carbocycles. The van der Waals surface area contributed by atoms with Crippen molar-refractivity contribution in [1.29, 1.82) is 0 Å². The zero-order chi connectivity index (χ0) is 20.1. The summed E-state index contributed by atoms with van der Waals surface area (Å²) in [6.07, 6.45) is 0.678. The van der Waals surface area contributed by atoms with Crippen molar-refractivity contribution in [1.82, 2.24) is 5.32 Å². The van der Waals surface area contributed by atoms with Crippen LogP contribution in [0, 0.1) is 0 Å². The highest BCUT2D eigenvalue weighted by molar-refractivity contribution is 7.12. The molecule has 2 aromatic carbocycles. The molecule has 1 aromatic heterocycles.